The van der Waals surface area contributed by atoms with Crippen LogP contribution < -0.4 is 26.0 Å². The van der Waals surface area contributed by atoms with Gasteiger partial charge in [0, 0.05) is 12.5 Å². The Hall–Kier alpha value is -1.96. The van der Waals surface area contributed by atoms with Crippen molar-refractivity contribution in [2.24, 2.45) is 17.8 Å². The lowest BCUT2D eigenvalue weighted by Crippen LogP contribution is -2.50. The Balaban J connectivity index is 0.00000484. The Labute approximate surface area is 274 Å². The summed E-state index contributed by atoms with van der Waals surface area (Å²) in [7, 11) is -4.11. The highest BCUT2D eigenvalue weighted by molar-refractivity contribution is 7.89. The van der Waals surface area contributed by atoms with Crippen LogP contribution >= 0.6 is 24.8 Å². The van der Waals surface area contributed by atoms with E-state index in [2.05, 4.69) is 26.0 Å². The molecule has 44 heavy (non-hydrogen) atoms. The van der Waals surface area contributed by atoms with Gasteiger partial charge in [0.2, 0.25) is 21.8 Å². The Morgan fingerprint density at radius 3 is 1.89 bits per heavy atom. The molecule has 2 heterocycles. The van der Waals surface area contributed by atoms with Gasteiger partial charge < -0.3 is 26.4 Å². The van der Waals surface area contributed by atoms with E-state index in [1.807, 2.05) is 6.92 Å². The van der Waals surface area contributed by atoms with E-state index >= 15 is 0 Å². The molecular formula is C30H51Cl2N5O6S. The first-order valence-electron chi connectivity index (χ1n) is 15.5. The number of piperidine rings is 2. The zero-order valence-corrected chi connectivity index (χ0v) is 28.1. The minimum Gasteiger partial charge on any atom is -0.480 e. The number of carbonyl (C=O) groups is 3. The number of halogens is 2. The quantitative estimate of drug-likeness (QED) is 0.146. The van der Waals surface area contributed by atoms with Crippen LogP contribution in [0.1, 0.15) is 70.3 Å². The van der Waals surface area contributed by atoms with Gasteiger partial charge in [-0.25, -0.2) is 8.42 Å². The monoisotopic (exact) mass is 679 g/mol. The third kappa shape index (κ3) is 14.0. The number of hydrogen-bond acceptors (Lipinski definition) is 7. The molecule has 2 aliphatic rings. The van der Waals surface area contributed by atoms with E-state index in [1.165, 1.54) is 12.1 Å². The average Bonchev–Trinajstić information content (AvgIpc) is 2.99. The minimum absolute atomic E-state index is 0. The number of aliphatic carboxylic acids is 1. The van der Waals surface area contributed by atoms with E-state index in [4.69, 9.17) is 0 Å². The van der Waals surface area contributed by atoms with E-state index < -0.39 is 34.5 Å². The van der Waals surface area contributed by atoms with Crippen LogP contribution in [0.4, 0.5) is 0 Å². The van der Waals surface area contributed by atoms with Crippen LogP contribution in [0.25, 0.3) is 0 Å². The number of aryl methyl sites for hydroxylation is 1. The van der Waals surface area contributed by atoms with Crippen LogP contribution in [0.2, 0.25) is 0 Å². The van der Waals surface area contributed by atoms with Gasteiger partial charge in [-0.1, -0.05) is 25.5 Å². The van der Waals surface area contributed by atoms with Gasteiger partial charge in [-0.3, -0.25) is 14.4 Å². The number of benzene rings is 1. The van der Waals surface area contributed by atoms with Crippen molar-refractivity contribution in [2.45, 2.75) is 82.1 Å². The molecule has 2 fully saturated rings. The number of amides is 2. The molecule has 1 unspecified atom stereocenters. The number of carboxylic acids is 1. The van der Waals surface area contributed by atoms with Gasteiger partial charge in [0.1, 0.15) is 6.04 Å². The molecule has 0 bridgehead atoms. The van der Waals surface area contributed by atoms with Gasteiger partial charge in [0.05, 0.1) is 11.4 Å². The highest BCUT2D eigenvalue weighted by atomic mass is 35.5. The molecule has 1 aromatic rings. The second-order valence-corrected chi connectivity index (χ2v) is 13.4. The fraction of sp³-hybridized carbons (Fsp3) is 0.700. The molecule has 0 aliphatic carbocycles. The Bertz CT molecular complexity index is 1090. The van der Waals surface area contributed by atoms with Crippen molar-refractivity contribution in [3.05, 3.63) is 29.8 Å². The van der Waals surface area contributed by atoms with E-state index in [9.17, 15) is 27.9 Å². The van der Waals surface area contributed by atoms with Crippen molar-refractivity contribution in [1.29, 1.82) is 0 Å². The minimum atomic E-state index is -4.11. The SMILES string of the molecule is CCCc1ccc(S(=O)(=O)NC(CNC(=O)CNC(=O)C(CCC2CCNCC2)CCC2CCNCC2)C(=O)O)cc1.Cl.Cl. The number of carboxylic acid groups (broad SMARTS) is 1. The van der Waals surface area contributed by atoms with Crippen molar-refractivity contribution in [3.63, 3.8) is 0 Å². The average molecular weight is 681 g/mol. The lowest BCUT2D eigenvalue weighted by molar-refractivity contribution is -0.139. The first kappa shape index (κ1) is 40.1. The van der Waals surface area contributed by atoms with E-state index in [1.54, 1.807) is 12.1 Å². The maximum atomic E-state index is 13.1. The number of carbonyl (C=O) groups excluding carboxylic acids is 2. The summed E-state index contributed by atoms with van der Waals surface area (Å²) in [5, 5.41) is 21.5. The fourth-order valence-corrected chi connectivity index (χ4v) is 6.96. The number of hydrogen-bond donors (Lipinski definition) is 6. The standard InChI is InChI=1S/C30H49N5O6S.2ClH/c1-2-3-22-6-10-26(11-7-22)42(40,41)35-27(30(38)39)20-33-28(36)21-34-29(37)25(8-4-23-12-16-31-17-13-23)9-5-24-14-18-32-19-15-24;;/h6-7,10-11,23-25,27,31-32,35H,2-5,8-9,12-21H2,1H3,(H,33,36)(H,34,37)(H,38,39);2*1H. The Morgan fingerprint density at radius 2 is 1.41 bits per heavy atom. The van der Waals surface area contributed by atoms with Crippen molar-refractivity contribution < 1.29 is 27.9 Å². The van der Waals surface area contributed by atoms with Crippen molar-refractivity contribution in [3.8, 4) is 0 Å². The van der Waals surface area contributed by atoms with Crippen LogP contribution in [0.5, 0.6) is 0 Å². The molecule has 2 amide bonds. The van der Waals surface area contributed by atoms with Crippen LogP contribution in [0, 0.1) is 17.8 Å². The van der Waals surface area contributed by atoms with Gasteiger partial charge in [-0.05, 0) is 113 Å². The molecule has 252 valence electrons. The molecule has 11 nitrogen and oxygen atoms in total. The summed E-state index contributed by atoms with van der Waals surface area (Å²) in [6, 6.07) is 4.71. The summed E-state index contributed by atoms with van der Waals surface area (Å²) in [5.74, 6) is -1.11. The van der Waals surface area contributed by atoms with Gasteiger partial charge in [0.25, 0.3) is 0 Å². The van der Waals surface area contributed by atoms with Crippen molar-refractivity contribution >= 4 is 52.6 Å². The maximum absolute atomic E-state index is 13.1. The Morgan fingerprint density at radius 1 is 0.886 bits per heavy atom. The lowest BCUT2D eigenvalue weighted by Gasteiger charge is -2.27. The Kier molecular flexibility index (Phi) is 19.1. The summed E-state index contributed by atoms with van der Waals surface area (Å²) >= 11 is 0. The van der Waals surface area contributed by atoms with Crippen molar-refractivity contribution in [1.82, 2.24) is 26.0 Å². The van der Waals surface area contributed by atoms with Crippen molar-refractivity contribution in [2.75, 3.05) is 39.3 Å². The largest absolute Gasteiger partial charge is 0.480 e. The van der Waals surface area contributed by atoms with Crippen LogP contribution in [0.15, 0.2) is 29.2 Å². The van der Waals surface area contributed by atoms with Crippen LogP contribution in [-0.4, -0.2) is 76.6 Å². The third-order valence-electron chi connectivity index (χ3n) is 8.43. The highest BCUT2D eigenvalue weighted by Crippen LogP contribution is 2.27. The predicted molar refractivity (Wildman–Crippen MR) is 176 cm³/mol. The smallest absolute Gasteiger partial charge is 0.323 e. The number of rotatable bonds is 17. The molecule has 14 heteroatoms. The summed E-state index contributed by atoms with van der Waals surface area (Å²) < 4.78 is 27.7. The molecule has 2 saturated heterocycles. The van der Waals surface area contributed by atoms with E-state index in [0.29, 0.717) is 11.8 Å². The second kappa shape index (κ2) is 21.0. The second-order valence-electron chi connectivity index (χ2n) is 11.7. The van der Waals surface area contributed by atoms with Gasteiger partial charge in [-0.2, -0.15) is 4.72 Å². The normalized spacial score (nSPS) is 16.8. The zero-order valence-electron chi connectivity index (χ0n) is 25.6. The van der Waals surface area contributed by atoms with Crippen LogP contribution in [0.3, 0.4) is 0 Å². The first-order chi connectivity index (χ1) is 20.2. The molecule has 6 N–H and O–H groups in total. The van der Waals surface area contributed by atoms with E-state index in [-0.39, 0.29) is 48.1 Å². The van der Waals surface area contributed by atoms with E-state index in [0.717, 1.165) is 96.0 Å². The molecule has 0 radical (unpaired) electrons. The van der Waals surface area contributed by atoms with Gasteiger partial charge in [0.15, 0.2) is 0 Å². The maximum Gasteiger partial charge on any atom is 0.323 e. The summed E-state index contributed by atoms with van der Waals surface area (Å²) in [4.78, 5) is 37.4. The van der Waals surface area contributed by atoms with Gasteiger partial charge in [-0.15, -0.1) is 24.8 Å². The first-order valence-corrected chi connectivity index (χ1v) is 17.0. The molecule has 1 aromatic carbocycles. The molecular weight excluding hydrogens is 629 g/mol. The highest BCUT2D eigenvalue weighted by Gasteiger charge is 2.27. The zero-order chi connectivity index (χ0) is 30.4. The summed E-state index contributed by atoms with van der Waals surface area (Å²) in [6.07, 6.45) is 9.73. The third-order valence-corrected chi connectivity index (χ3v) is 9.92. The summed E-state index contributed by atoms with van der Waals surface area (Å²) in [6.45, 7) is 5.31. The summed E-state index contributed by atoms with van der Waals surface area (Å²) in [5.41, 5.74) is 0.986. The molecule has 2 aliphatic heterocycles. The number of sulfonamides is 1. The van der Waals surface area contributed by atoms with Gasteiger partial charge >= 0.3 is 5.97 Å². The molecule has 0 spiro atoms. The molecule has 0 saturated carbocycles. The van der Waals surface area contributed by atoms with Crippen LogP contribution in [-0.2, 0) is 30.8 Å². The predicted octanol–water partition coefficient (Wildman–Crippen LogP) is 2.62. The lowest BCUT2D eigenvalue weighted by atomic mass is 9.84. The molecule has 1 atom stereocenters. The fourth-order valence-electron chi connectivity index (χ4n) is 5.77. The molecule has 3 rings (SSSR count). The molecule has 0 aromatic heterocycles. The number of nitrogens with one attached hydrogen (secondary N) is 5. The topological polar surface area (TPSA) is 166 Å².